The maximum atomic E-state index is 12.0. The molecule has 1 heterocycles. The number of hydrogen-bond donors (Lipinski definition) is 0. The molecule has 0 spiro atoms. The Balaban J connectivity index is 1.95. The third-order valence-electron chi connectivity index (χ3n) is 3.50. The fourth-order valence-corrected chi connectivity index (χ4v) is 2.27. The van der Waals surface area contributed by atoms with Gasteiger partial charge >= 0.3 is 0 Å². The number of hydrogen-bond acceptors (Lipinski definition) is 2. The van der Waals surface area contributed by atoms with Gasteiger partial charge in [0.2, 0.25) is 5.91 Å². The zero-order chi connectivity index (χ0) is 13.7. The summed E-state index contributed by atoms with van der Waals surface area (Å²) < 4.78 is 0. The van der Waals surface area contributed by atoms with Crippen LogP contribution in [0.1, 0.15) is 24.8 Å². The zero-order valence-electron chi connectivity index (χ0n) is 11.8. The fourth-order valence-electron chi connectivity index (χ4n) is 2.27. The molecule has 102 valence electrons. The van der Waals surface area contributed by atoms with Crippen molar-refractivity contribution in [1.29, 1.82) is 0 Å². The molecule has 0 aromatic heterocycles. The number of benzene rings is 1. The third kappa shape index (κ3) is 3.85. The Morgan fingerprint density at radius 1 is 1.11 bits per heavy atom. The molecule has 1 amide bonds. The van der Waals surface area contributed by atoms with E-state index in [0.717, 1.165) is 31.5 Å². The first-order chi connectivity index (χ1) is 9.16. The molecule has 0 bridgehead atoms. The van der Waals surface area contributed by atoms with Crippen LogP contribution in [-0.2, 0) is 4.79 Å². The van der Waals surface area contributed by atoms with E-state index in [4.69, 9.17) is 0 Å². The van der Waals surface area contributed by atoms with Gasteiger partial charge < -0.3 is 9.80 Å². The fraction of sp³-hybridized carbons (Fsp3) is 0.438. The first-order valence-electron chi connectivity index (χ1n) is 6.91. The maximum Gasteiger partial charge on any atom is 0.246 e. The summed E-state index contributed by atoms with van der Waals surface area (Å²) in [5.41, 5.74) is 2.23. The van der Waals surface area contributed by atoms with E-state index in [0.29, 0.717) is 0 Å². The minimum atomic E-state index is 0.136. The molecule has 0 saturated carbocycles. The van der Waals surface area contributed by atoms with Crippen LogP contribution in [-0.4, -0.2) is 38.0 Å². The zero-order valence-corrected chi connectivity index (χ0v) is 11.8. The van der Waals surface area contributed by atoms with Crippen molar-refractivity contribution in [1.82, 2.24) is 4.90 Å². The van der Waals surface area contributed by atoms with Crippen molar-refractivity contribution >= 4 is 17.7 Å². The minimum absolute atomic E-state index is 0.136. The second kappa shape index (κ2) is 6.41. The van der Waals surface area contributed by atoms with E-state index in [1.807, 2.05) is 37.2 Å². The van der Waals surface area contributed by atoms with Crippen molar-refractivity contribution in [3.05, 3.63) is 35.9 Å². The Hall–Kier alpha value is -1.77. The second-order valence-corrected chi connectivity index (χ2v) is 5.21. The summed E-state index contributed by atoms with van der Waals surface area (Å²) in [7, 11) is 4.04. The monoisotopic (exact) mass is 258 g/mol. The van der Waals surface area contributed by atoms with E-state index >= 15 is 0 Å². The Labute approximate surface area is 115 Å². The SMILES string of the molecule is CN(C)c1ccc(/C=C/C(=O)N2CCCCC2)cc1. The summed E-state index contributed by atoms with van der Waals surface area (Å²) in [5, 5.41) is 0. The summed E-state index contributed by atoms with van der Waals surface area (Å²) in [4.78, 5) is 16.0. The molecular formula is C16H22N2O. The maximum absolute atomic E-state index is 12.0. The number of amides is 1. The summed E-state index contributed by atoms with van der Waals surface area (Å²) in [6, 6.07) is 8.20. The highest BCUT2D eigenvalue weighted by Crippen LogP contribution is 2.14. The lowest BCUT2D eigenvalue weighted by atomic mass is 10.1. The van der Waals surface area contributed by atoms with Gasteiger partial charge in [-0.3, -0.25) is 4.79 Å². The topological polar surface area (TPSA) is 23.6 Å². The molecule has 0 aliphatic carbocycles. The quantitative estimate of drug-likeness (QED) is 0.778. The van der Waals surface area contributed by atoms with Crippen molar-refractivity contribution in [3.63, 3.8) is 0 Å². The van der Waals surface area contributed by atoms with Gasteiger partial charge in [0.1, 0.15) is 0 Å². The van der Waals surface area contributed by atoms with Gasteiger partial charge in [-0.15, -0.1) is 0 Å². The lowest BCUT2D eigenvalue weighted by molar-refractivity contribution is -0.126. The van der Waals surface area contributed by atoms with Crippen molar-refractivity contribution < 1.29 is 4.79 Å². The summed E-state index contributed by atoms with van der Waals surface area (Å²) in [5.74, 6) is 0.136. The highest BCUT2D eigenvalue weighted by molar-refractivity contribution is 5.91. The Kier molecular flexibility index (Phi) is 4.61. The molecule has 3 nitrogen and oxygen atoms in total. The minimum Gasteiger partial charge on any atom is -0.378 e. The number of anilines is 1. The standard InChI is InChI=1S/C16H22N2O/c1-17(2)15-9-6-14(7-10-15)8-11-16(19)18-12-4-3-5-13-18/h6-11H,3-5,12-13H2,1-2H3/b11-8+. The molecule has 0 N–H and O–H groups in total. The molecule has 0 radical (unpaired) electrons. The van der Waals surface area contributed by atoms with Crippen molar-refractivity contribution in [2.45, 2.75) is 19.3 Å². The van der Waals surface area contributed by atoms with Crippen LogP contribution in [0, 0.1) is 0 Å². The van der Waals surface area contributed by atoms with E-state index in [9.17, 15) is 4.79 Å². The summed E-state index contributed by atoms with van der Waals surface area (Å²) in [6.45, 7) is 1.81. The Bertz CT molecular complexity index is 442. The molecule has 1 saturated heterocycles. The van der Waals surface area contributed by atoms with Gasteiger partial charge in [0.15, 0.2) is 0 Å². The molecule has 1 aliphatic rings. The van der Waals surface area contributed by atoms with Crippen LogP contribution < -0.4 is 4.90 Å². The van der Waals surface area contributed by atoms with Gasteiger partial charge in [0, 0.05) is 38.9 Å². The lowest BCUT2D eigenvalue weighted by Crippen LogP contribution is -2.34. The van der Waals surface area contributed by atoms with Gasteiger partial charge in [0.25, 0.3) is 0 Å². The van der Waals surface area contributed by atoms with Gasteiger partial charge in [-0.05, 0) is 43.0 Å². The average Bonchev–Trinajstić information content (AvgIpc) is 2.46. The van der Waals surface area contributed by atoms with Crippen molar-refractivity contribution in [3.8, 4) is 0 Å². The van der Waals surface area contributed by atoms with Crippen LogP contribution >= 0.6 is 0 Å². The van der Waals surface area contributed by atoms with Gasteiger partial charge in [-0.25, -0.2) is 0 Å². The van der Waals surface area contributed by atoms with E-state index in [-0.39, 0.29) is 5.91 Å². The number of carbonyl (C=O) groups excluding carboxylic acids is 1. The van der Waals surface area contributed by atoms with Gasteiger partial charge in [-0.1, -0.05) is 12.1 Å². The predicted octanol–water partition coefficient (Wildman–Crippen LogP) is 2.78. The predicted molar refractivity (Wildman–Crippen MR) is 80.2 cm³/mol. The molecule has 1 aromatic rings. The molecule has 0 unspecified atom stereocenters. The van der Waals surface area contributed by atoms with Gasteiger partial charge in [0.05, 0.1) is 0 Å². The summed E-state index contributed by atoms with van der Waals surface area (Å²) in [6.07, 6.45) is 7.11. The third-order valence-corrected chi connectivity index (χ3v) is 3.50. The van der Waals surface area contributed by atoms with Gasteiger partial charge in [-0.2, -0.15) is 0 Å². The van der Waals surface area contributed by atoms with Crippen LogP contribution in [0.25, 0.3) is 6.08 Å². The van der Waals surface area contributed by atoms with Crippen molar-refractivity contribution in [2.75, 3.05) is 32.1 Å². The van der Waals surface area contributed by atoms with Crippen LogP contribution in [0.15, 0.2) is 30.3 Å². The molecule has 3 heteroatoms. The average molecular weight is 258 g/mol. The number of piperidine rings is 1. The largest absolute Gasteiger partial charge is 0.378 e. The normalized spacial score (nSPS) is 15.8. The second-order valence-electron chi connectivity index (χ2n) is 5.21. The highest BCUT2D eigenvalue weighted by Gasteiger charge is 2.13. The molecule has 2 rings (SSSR count). The van der Waals surface area contributed by atoms with Crippen molar-refractivity contribution in [2.24, 2.45) is 0 Å². The first-order valence-corrected chi connectivity index (χ1v) is 6.91. The number of likely N-dealkylation sites (tertiary alicyclic amines) is 1. The van der Waals surface area contributed by atoms with Crippen LogP contribution in [0.4, 0.5) is 5.69 Å². The summed E-state index contributed by atoms with van der Waals surface area (Å²) >= 11 is 0. The first kappa shape index (κ1) is 13.7. The van der Waals surface area contributed by atoms with Crippen LogP contribution in [0.5, 0.6) is 0 Å². The molecule has 0 atom stereocenters. The van der Waals surface area contributed by atoms with E-state index in [1.165, 1.54) is 12.1 Å². The molecule has 1 aromatic carbocycles. The van der Waals surface area contributed by atoms with Crippen LogP contribution in [0.2, 0.25) is 0 Å². The molecule has 1 fully saturated rings. The van der Waals surface area contributed by atoms with E-state index in [2.05, 4.69) is 17.0 Å². The molecular weight excluding hydrogens is 236 g/mol. The highest BCUT2D eigenvalue weighted by atomic mass is 16.2. The van der Waals surface area contributed by atoms with Crippen LogP contribution in [0.3, 0.4) is 0 Å². The Morgan fingerprint density at radius 3 is 2.32 bits per heavy atom. The number of rotatable bonds is 3. The lowest BCUT2D eigenvalue weighted by Gasteiger charge is -2.25. The molecule has 1 aliphatic heterocycles. The number of carbonyl (C=O) groups is 1. The van der Waals surface area contributed by atoms with E-state index in [1.54, 1.807) is 6.08 Å². The number of nitrogens with zero attached hydrogens (tertiary/aromatic N) is 2. The Morgan fingerprint density at radius 2 is 1.74 bits per heavy atom. The molecule has 19 heavy (non-hydrogen) atoms. The van der Waals surface area contributed by atoms with E-state index < -0.39 is 0 Å². The smallest absolute Gasteiger partial charge is 0.246 e.